The Labute approximate surface area is 252 Å². The molecule has 0 saturated carbocycles. The number of esters is 1. The number of carbonyl (C=O) groups is 1. The van der Waals surface area contributed by atoms with Crippen LogP contribution in [0.1, 0.15) is 52.0 Å². The Bertz CT molecular complexity index is 1690. The maximum atomic E-state index is 14.3. The molecule has 214 valence electrons. The van der Waals surface area contributed by atoms with Gasteiger partial charge in [0.2, 0.25) is 0 Å². The van der Waals surface area contributed by atoms with Gasteiger partial charge in [-0.25, -0.2) is 4.79 Å². The van der Waals surface area contributed by atoms with Crippen molar-refractivity contribution < 1.29 is 14.3 Å². The molecule has 7 rings (SSSR count). The van der Waals surface area contributed by atoms with E-state index >= 15 is 0 Å². The molecule has 2 heterocycles. The minimum atomic E-state index is -1.16. The molecule has 0 N–H and O–H groups in total. The first-order valence-electron chi connectivity index (χ1n) is 15.0. The summed E-state index contributed by atoms with van der Waals surface area (Å²) in [5.41, 5.74) is 6.23. The number of ether oxygens (including phenoxy) is 2. The van der Waals surface area contributed by atoms with Gasteiger partial charge in [0.05, 0.1) is 11.3 Å². The number of rotatable bonds is 8. The van der Waals surface area contributed by atoms with Gasteiger partial charge in [-0.1, -0.05) is 97.1 Å². The van der Waals surface area contributed by atoms with Crippen molar-refractivity contribution in [3.63, 3.8) is 0 Å². The molecule has 5 nitrogen and oxygen atoms in total. The third kappa shape index (κ3) is 4.43. The third-order valence-corrected chi connectivity index (χ3v) is 8.59. The minimum absolute atomic E-state index is 0.315. The number of anilines is 2. The van der Waals surface area contributed by atoms with E-state index < -0.39 is 5.60 Å². The molecular formula is C38H34N2O3. The second kappa shape index (κ2) is 11.0. The van der Waals surface area contributed by atoms with E-state index in [1.54, 1.807) is 0 Å². The highest BCUT2D eigenvalue weighted by Crippen LogP contribution is 2.59. The van der Waals surface area contributed by atoms with Crippen LogP contribution >= 0.6 is 0 Å². The van der Waals surface area contributed by atoms with Crippen molar-refractivity contribution in [3.05, 3.63) is 155 Å². The molecule has 2 aliphatic rings. The number of para-hydroxylation sites is 2. The van der Waals surface area contributed by atoms with Gasteiger partial charge in [-0.2, -0.15) is 0 Å². The molecule has 2 aliphatic heterocycles. The largest absolute Gasteiger partial charge is 0.456 e. The van der Waals surface area contributed by atoms with Crippen LogP contribution in [0.5, 0.6) is 11.5 Å². The molecule has 0 atom stereocenters. The van der Waals surface area contributed by atoms with E-state index in [-0.39, 0.29) is 5.97 Å². The predicted octanol–water partition coefficient (Wildman–Crippen LogP) is 8.31. The first-order valence-corrected chi connectivity index (χ1v) is 15.0. The zero-order chi connectivity index (χ0) is 29.4. The summed E-state index contributed by atoms with van der Waals surface area (Å²) in [6, 6.07) is 41.1. The molecule has 5 aromatic carbocycles. The topological polar surface area (TPSA) is 42.0 Å². The Morgan fingerprint density at radius 1 is 0.581 bits per heavy atom. The molecule has 0 amide bonds. The normalized spacial score (nSPS) is 13.9. The van der Waals surface area contributed by atoms with Gasteiger partial charge >= 0.3 is 5.97 Å². The molecule has 0 bridgehead atoms. The summed E-state index contributed by atoms with van der Waals surface area (Å²) in [5, 5.41) is 0. The van der Waals surface area contributed by atoms with Crippen molar-refractivity contribution in [1.82, 2.24) is 0 Å². The summed E-state index contributed by atoms with van der Waals surface area (Å²) in [5.74, 6) is 1.07. The maximum Gasteiger partial charge on any atom is 0.342 e. The van der Waals surface area contributed by atoms with Gasteiger partial charge in [-0.3, -0.25) is 0 Å². The first kappa shape index (κ1) is 26.8. The second-order valence-electron chi connectivity index (χ2n) is 11.0. The van der Waals surface area contributed by atoms with Crippen molar-refractivity contribution >= 4 is 17.3 Å². The number of hydrogen-bond donors (Lipinski definition) is 0. The lowest BCUT2D eigenvalue weighted by atomic mass is 9.76. The molecule has 5 heteroatoms. The summed E-state index contributed by atoms with van der Waals surface area (Å²) in [6.45, 7) is 7.12. The molecule has 0 fully saturated rings. The van der Waals surface area contributed by atoms with E-state index in [9.17, 15) is 4.79 Å². The lowest BCUT2D eigenvalue weighted by Crippen LogP contribution is -2.35. The van der Waals surface area contributed by atoms with Crippen LogP contribution in [0.25, 0.3) is 0 Å². The van der Waals surface area contributed by atoms with Crippen molar-refractivity contribution in [2.24, 2.45) is 0 Å². The average Bonchev–Trinajstić information content (AvgIpc) is 3.36. The van der Waals surface area contributed by atoms with Crippen LogP contribution in [0.3, 0.4) is 0 Å². The fourth-order valence-electron chi connectivity index (χ4n) is 6.65. The number of nitrogens with zero attached hydrogens (tertiary/aromatic N) is 2. The van der Waals surface area contributed by atoms with Crippen molar-refractivity contribution in [3.8, 4) is 11.5 Å². The van der Waals surface area contributed by atoms with Crippen LogP contribution in [-0.2, 0) is 23.4 Å². The van der Waals surface area contributed by atoms with Crippen molar-refractivity contribution in [1.29, 1.82) is 0 Å². The number of hydrogen-bond acceptors (Lipinski definition) is 5. The molecule has 43 heavy (non-hydrogen) atoms. The third-order valence-electron chi connectivity index (χ3n) is 8.59. The van der Waals surface area contributed by atoms with Crippen LogP contribution in [-0.4, -0.2) is 19.1 Å². The highest BCUT2D eigenvalue weighted by atomic mass is 16.6. The zero-order valence-electron chi connectivity index (χ0n) is 24.5. The second-order valence-corrected chi connectivity index (χ2v) is 11.0. The van der Waals surface area contributed by atoms with Gasteiger partial charge in [-0.05, 0) is 49.2 Å². The smallest absolute Gasteiger partial charge is 0.342 e. The van der Waals surface area contributed by atoms with Crippen molar-refractivity contribution in [2.45, 2.75) is 32.5 Å². The van der Waals surface area contributed by atoms with Gasteiger partial charge in [-0.15, -0.1) is 0 Å². The number of fused-ring (bicyclic) bond motifs is 6. The van der Waals surface area contributed by atoms with Gasteiger partial charge in [0.15, 0.2) is 5.60 Å². The highest BCUT2D eigenvalue weighted by molar-refractivity contribution is 6.04. The van der Waals surface area contributed by atoms with E-state index in [0.29, 0.717) is 30.2 Å². The quantitative estimate of drug-likeness (QED) is 0.177. The summed E-state index contributed by atoms with van der Waals surface area (Å²) < 4.78 is 13.1. The van der Waals surface area contributed by atoms with Gasteiger partial charge in [0, 0.05) is 48.6 Å². The molecular weight excluding hydrogens is 532 g/mol. The minimum Gasteiger partial charge on any atom is -0.456 e. The Balaban J connectivity index is 1.54. The van der Waals surface area contributed by atoms with E-state index in [0.717, 1.165) is 41.2 Å². The van der Waals surface area contributed by atoms with Gasteiger partial charge < -0.3 is 19.3 Å². The predicted molar refractivity (Wildman–Crippen MR) is 171 cm³/mol. The fourth-order valence-corrected chi connectivity index (χ4v) is 6.65. The molecule has 0 radical (unpaired) electrons. The van der Waals surface area contributed by atoms with E-state index in [4.69, 9.17) is 9.47 Å². The molecule has 0 aliphatic carbocycles. The Hall–Kier alpha value is -5.03. The van der Waals surface area contributed by atoms with E-state index in [2.05, 4.69) is 84.3 Å². The molecule has 1 spiro atoms. The highest BCUT2D eigenvalue weighted by Gasteiger charge is 2.56. The number of benzene rings is 5. The maximum absolute atomic E-state index is 14.3. The standard InChI is InChI=1S/C38H34N2O3/c1-3-39(4-2)31-23-24-32(40(25-27-15-7-5-8-16-27)26-28-17-9-6-10-18-28)36-35(31)37(41)43-38(36)29-19-11-13-21-33(29)42-34-22-14-12-20-30(34)38/h5-24H,3-4,25-26H2,1-2H3. The van der Waals surface area contributed by atoms with E-state index in [1.807, 2.05) is 60.7 Å². The Morgan fingerprint density at radius 3 is 1.60 bits per heavy atom. The lowest BCUT2D eigenvalue weighted by Gasteiger charge is -2.39. The molecule has 5 aromatic rings. The Kier molecular flexibility index (Phi) is 6.86. The summed E-state index contributed by atoms with van der Waals surface area (Å²) in [6.07, 6.45) is 0. The van der Waals surface area contributed by atoms with Crippen LogP contribution < -0.4 is 14.5 Å². The summed E-state index contributed by atoms with van der Waals surface area (Å²) in [7, 11) is 0. The lowest BCUT2D eigenvalue weighted by molar-refractivity contribution is 0.0225. The fraction of sp³-hybridized carbons (Fsp3) is 0.184. The van der Waals surface area contributed by atoms with Crippen LogP contribution in [0.4, 0.5) is 11.4 Å². The first-order chi connectivity index (χ1) is 21.1. The monoisotopic (exact) mass is 566 g/mol. The van der Waals surface area contributed by atoms with E-state index in [1.165, 1.54) is 11.1 Å². The summed E-state index contributed by atoms with van der Waals surface area (Å²) >= 11 is 0. The van der Waals surface area contributed by atoms with Gasteiger partial charge in [0.1, 0.15) is 11.5 Å². The number of carbonyl (C=O) groups excluding carboxylic acids is 1. The van der Waals surface area contributed by atoms with Crippen LogP contribution in [0, 0.1) is 0 Å². The van der Waals surface area contributed by atoms with Crippen molar-refractivity contribution in [2.75, 3.05) is 22.9 Å². The van der Waals surface area contributed by atoms with Crippen LogP contribution in [0.2, 0.25) is 0 Å². The molecule has 0 saturated heterocycles. The zero-order valence-corrected chi connectivity index (χ0v) is 24.5. The molecule has 0 unspecified atom stereocenters. The average molecular weight is 567 g/mol. The molecule has 0 aromatic heterocycles. The van der Waals surface area contributed by atoms with Crippen LogP contribution in [0.15, 0.2) is 121 Å². The SMILES string of the molecule is CCN(CC)c1ccc(N(Cc2ccccc2)Cc2ccccc2)c2c1C(=O)OC21c2ccccc2Oc2ccccc21. The Morgan fingerprint density at radius 2 is 1.07 bits per heavy atom. The summed E-state index contributed by atoms with van der Waals surface area (Å²) in [4.78, 5) is 18.9. The van der Waals surface area contributed by atoms with Gasteiger partial charge in [0.25, 0.3) is 0 Å².